The number of rotatable bonds is 8. The average molecular weight is 515 g/mol. The molecule has 0 atom stereocenters. The molecule has 8 heteroatoms. The van der Waals surface area contributed by atoms with E-state index >= 15 is 0 Å². The summed E-state index contributed by atoms with van der Waals surface area (Å²) in [5.74, 6) is -0.551. The summed E-state index contributed by atoms with van der Waals surface area (Å²) < 4.78 is 30.1. The molecule has 3 aromatic carbocycles. The van der Waals surface area contributed by atoms with Gasteiger partial charge >= 0.3 is 0 Å². The molecular weight excluding hydrogens is 484 g/mol. The number of para-hydroxylation sites is 1. The third kappa shape index (κ3) is 5.65. The number of benzene rings is 3. The van der Waals surface area contributed by atoms with Crippen molar-refractivity contribution in [1.82, 2.24) is 9.99 Å². The Hall–Kier alpha value is -4.17. The Balaban J connectivity index is 1.55. The Kier molecular flexibility index (Phi) is 7.59. The lowest BCUT2D eigenvalue weighted by molar-refractivity contribution is -0.119. The van der Waals surface area contributed by atoms with Gasteiger partial charge in [0, 0.05) is 22.6 Å². The van der Waals surface area contributed by atoms with Crippen molar-refractivity contribution >= 4 is 27.8 Å². The van der Waals surface area contributed by atoms with Crippen LogP contribution in [0.25, 0.3) is 5.69 Å². The van der Waals surface area contributed by atoms with Crippen molar-refractivity contribution in [2.24, 2.45) is 5.10 Å². The van der Waals surface area contributed by atoms with Crippen molar-refractivity contribution in [1.29, 1.82) is 0 Å². The largest absolute Gasteiger partial charge is 0.318 e. The first-order valence-electron chi connectivity index (χ1n) is 11.9. The smallest absolute Gasteiger partial charge is 0.264 e. The number of anilines is 1. The number of hydrogen-bond donors (Lipinski definition) is 1. The van der Waals surface area contributed by atoms with E-state index < -0.39 is 22.5 Å². The number of nitrogens with zero attached hydrogens (tertiary/aromatic N) is 3. The maximum Gasteiger partial charge on any atom is 0.264 e. The maximum atomic E-state index is 13.4. The molecule has 0 saturated carbocycles. The fraction of sp³-hybridized carbons (Fsp3) is 0.172. The molecule has 0 aliphatic carbocycles. The van der Waals surface area contributed by atoms with Crippen LogP contribution in [0.4, 0.5) is 5.69 Å². The van der Waals surface area contributed by atoms with Gasteiger partial charge in [0.2, 0.25) is 0 Å². The van der Waals surface area contributed by atoms with E-state index in [0.717, 1.165) is 38.1 Å². The summed E-state index contributed by atoms with van der Waals surface area (Å²) in [6.07, 6.45) is 1.58. The van der Waals surface area contributed by atoms with Gasteiger partial charge in [-0.3, -0.25) is 9.10 Å². The quantitative estimate of drug-likeness (QED) is 0.264. The fourth-order valence-corrected chi connectivity index (χ4v) is 5.69. The molecule has 0 fully saturated rings. The van der Waals surface area contributed by atoms with Crippen LogP contribution in [0.15, 0.2) is 94.9 Å². The maximum absolute atomic E-state index is 13.4. The van der Waals surface area contributed by atoms with Gasteiger partial charge in [-0.1, -0.05) is 48.5 Å². The number of hydrogen-bond acceptors (Lipinski definition) is 4. The number of aryl methyl sites for hydroxylation is 3. The molecule has 190 valence electrons. The summed E-state index contributed by atoms with van der Waals surface area (Å²) >= 11 is 0. The third-order valence-corrected chi connectivity index (χ3v) is 7.92. The molecule has 1 N–H and O–H groups in total. The first-order chi connectivity index (χ1) is 17.7. The van der Waals surface area contributed by atoms with Crippen LogP contribution in [-0.2, 0) is 14.8 Å². The van der Waals surface area contributed by atoms with Crippen LogP contribution < -0.4 is 9.73 Å². The van der Waals surface area contributed by atoms with Crippen LogP contribution in [0.5, 0.6) is 0 Å². The van der Waals surface area contributed by atoms with Gasteiger partial charge < -0.3 is 4.57 Å². The van der Waals surface area contributed by atoms with E-state index in [-0.39, 0.29) is 4.90 Å². The summed E-state index contributed by atoms with van der Waals surface area (Å²) in [7, 11) is -3.97. The molecule has 1 amide bonds. The van der Waals surface area contributed by atoms with Crippen molar-refractivity contribution in [2.75, 3.05) is 10.8 Å². The van der Waals surface area contributed by atoms with Crippen molar-refractivity contribution in [3.63, 3.8) is 0 Å². The standard InChI is InChI=1S/C29H30N4O3S/c1-21-11-10-13-26(17-21)32(37(35,36)27-14-6-5-7-15-27)20-29(34)31-30-19-25-18-23(3)33(24(25)4)28-16-9-8-12-22(28)2/h5-19H,20H2,1-4H3,(H,31,34)/b30-19+. The molecule has 0 bridgehead atoms. The van der Waals surface area contributed by atoms with E-state index in [1.54, 1.807) is 42.6 Å². The second kappa shape index (κ2) is 10.8. The van der Waals surface area contributed by atoms with Gasteiger partial charge in [-0.2, -0.15) is 5.10 Å². The molecule has 4 rings (SSSR count). The molecule has 1 aromatic heterocycles. The first kappa shape index (κ1) is 25.9. The Bertz CT molecular complexity index is 1560. The average Bonchev–Trinajstić information content (AvgIpc) is 3.16. The number of hydrazone groups is 1. The molecule has 0 radical (unpaired) electrons. The van der Waals surface area contributed by atoms with E-state index in [0.29, 0.717) is 5.69 Å². The van der Waals surface area contributed by atoms with E-state index in [1.165, 1.54) is 12.1 Å². The Morgan fingerprint density at radius 2 is 1.62 bits per heavy atom. The van der Waals surface area contributed by atoms with Crippen molar-refractivity contribution in [3.8, 4) is 5.69 Å². The van der Waals surface area contributed by atoms with Gasteiger partial charge in [0.05, 0.1) is 16.8 Å². The topological polar surface area (TPSA) is 83.8 Å². The van der Waals surface area contributed by atoms with Gasteiger partial charge in [0.15, 0.2) is 0 Å². The number of aromatic nitrogens is 1. The van der Waals surface area contributed by atoms with Crippen LogP contribution in [-0.4, -0.2) is 31.7 Å². The zero-order chi connectivity index (χ0) is 26.6. The molecule has 0 aliphatic rings. The normalized spacial score (nSPS) is 11.6. The van der Waals surface area contributed by atoms with Gasteiger partial charge in [-0.15, -0.1) is 0 Å². The highest BCUT2D eigenvalue weighted by Crippen LogP contribution is 2.25. The Labute approximate surface area is 218 Å². The highest BCUT2D eigenvalue weighted by molar-refractivity contribution is 7.92. The number of carbonyl (C=O) groups excluding carboxylic acids is 1. The van der Waals surface area contributed by atoms with Crippen LogP contribution in [0.1, 0.15) is 28.1 Å². The lowest BCUT2D eigenvalue weighted by atomic mass is 10.2. The number of amides is 1. The predicted molar refractivity (Wildman–Crippen MR) is 148 cm³/mol. The predicted octanol–water partition coefficient (Wildman–Crippen LogP) is 5.06. The molecule has 0 saturated heterocycles. The van der Waals surface area contributed by atoms with E-state index in [1.807, 2.05) is 45.0 Å². The molecule has 0 aliphatic heterocycles. The minimum absolute atomic E-state index is 0.108. The fourth-order valence-electron chi connectivity index (χ4n) is 4.26. The van der Waals surface area contributed by atoms with Gasteiger partial charge in [-0.25, -0.2) is 13.8 Å². The van der Waals surface area contributed by atoms with E-state index in [2.05, 4.69) is 34.2 Å². The zero-order valence-corrected chi connectivity index (χ0v) is 22.2. The minimum atomic E-state index is -3.97. The lowest BCUT2D eigenvalue weighted by Crippen LogP contribution is -2.39. The van der Waals surface area contributed by atoms with Crippen LogP contribution >= 0.6 is 0 Å². The Morgan fingerprint density at radius 3 is 2.32 bits per heavy atom. The SMILES string of the molecule is Cc1cccc(N(CC(=O)N/N=C/c2cc(C)n(-c3ccccc3C)c2C)S(=O)(=O)c2ccccc2)c1. The molecule has 1 heterocycles. The first-order valence-corrected chi connectivity index (χ1v) is 13.3. The van der Waals surface area contributed by atoms with Crippen LogP contribution in [0.2, 0.25) is 0 Å². The van der Waals surface area contributed by atoms with Crippen molar-refractivity contribution < 1.29 is 13.2 Å². The van der Waals surface area contributed by atoms with Gasteiger partial charge in [0.25, 0.3) is 15.9 Å². The zero-order valence-electron chi connectivity index (χ0n) is 21.3. The summed E-state index contributed by atoms with van der Waals surface area (Å²) in [6.45, 7) is 7.53. The molecule has 4 aromatic rings. The second-order valence-electron chi connectivity index (χ2n) is 8.91. The molecule has 7 nitrogen and oxygen atoms in total. The summed E-state index contributed by atoms with van der Waals surface area (Å²) in [5, 5.41) is 4.13. The second-order valence-corrected chi connectivity index (χ2v) is 10.8. The summed E-state index contributed by atoms with van der Waals surface area (Å²) in [5.41, 5.74) is 8.90. The van der Waals surface area contributed by atoms with Crippen molar-refractivity contribution in [3.05, 3.63) is 113 Å². The van der Waals surface area contributed by atoms with E-state index in [4.69, 9.17) is 0 Å². The number of nitrogens with one attached hydrogen (secondary N) is 1. The molecule has 37 heavy (non-hydrogen) atoms. The summed E-state index contributed by atoms with van der Waals surface area (Å²) in [6, 6.07) is 25.2. The van der Waals surface area contributed by atoms with Crippen molar-refractivity contribution in [2.45, 2.75) is 32.6 Å². The number of sulfonamides is 1. The van der Waals surface area contributed by atoms with Crippen LogP contribution in [0, 0.1) is 27.7 Å². The molecule has 0 spiro atoms. The highest BCUT2D eigenvalue weighted by Gasteiger charge is 2.27. The minimum Gasteiger partial charge on any atom is -0.318 e. The lowest BCUT2D eigenvalue weighted by Gasteiger charge is -2.24. The van der Waals surface area contributed by atoms with Crippen LogP contribution in [0.3, 0.4) is 0 Å². The molecular formula is C29H30N4O3S. The summed E-state index contributed by atoms with van der Waals surface area (Å²) in [4.78, 5) is 13.0. The van der Waals surface area contributed by atoms with Gasteiger partial charge in [0.1, 0.15) is 6.54 Å². The number of carbonyl (C=O) groups is 1. The van der Waals surface area contributed by atoms with Gasteiger partial charge in [-0.05, 0) is 75.2 Å². The third-order valence-electron chi connectivity index (χ3n) is 6.13. The highest BCUT2D eigenvalue weighted by atomic mass is 32.2. The van der Waals surface area contributed by atoms with E-state index in [9.17, 15) is 13.2 Å². The molecule has 0 unspecified atom stereocenters. The Morgan fingerprint density at radius 1 is 0.919 bits per heavy atom. The monoisotopic (exact) mass is 514 g/mol.